The van der Waals surface area contributed by atoms with Crippen LogP contribution in [0, 0.1) is 0 Å². The van der Waals surface area contributed by atoms with Crippen molar-refractivity contribution in [3.8, 4) is 5.75 Å². The Kier molecular flexibility index (Phi) is 3.60. The van der Waals surface area contributed by atoms with E-state index in [1.165, 1.54) is 5.56 Å². The van der Waals surface area contributed by atoms with Crippen LogP contribution in [0.3, 0.4) is 0 Å². The number of hydrogen-bond acceptors (Lipinski definition) is 2. The molecule has 0 fully saturated rings. The summed E-state index contributed by atoms with van der Waals surface area (Å²) in [4.78, 5) is 12.0. The summed E-state index contributed by atoms with van der Waals surface area (Å²) in [6.45, 7) is 11.1. The molecule has 0 spiro atoms. The van der Waals surface area contributed by atoms with Crippen LogP contribution in [0.2, 0.25) is 18.1 Å². The van der Waals surface area contributed by atoms with Crippen LogP contribution >= 0.6 is 0 Å². The second-order valence-electron chi connectivity index (χ2n) is 6.96. The van der Waals surface area contributed by atoms with Crippen LogP contribution < -0.4 is 4.43 Å². The summed E-state index contributed by atoms with van der Waals surface area (Å²) < 4.78 is 6.27. The summed E-state index contributed by atoms with van der Waals surface area (Å²) in [6.07, 6.45) is 2.67. The number of carbonyl (C=O) groups excluding carboxylic acids is 1. The highest BCUT2D eigenvalue weighted by Crippen LogP contribution is 2.38. The van der Waals surface area contributed by atoms with E-state index in [0.29, 0.717) is 6.42 Å². The molecular formula is C16H24O2Si. The van der Waals surface area contributed by atoms with Gasteiger partial charge in [0.15, 0.2) is 5.78 Å². The summed E-state index contributed by atoms with van der Waals surface area (Å²) in [6, 6.07) is 6.05. The molecule has 0 saturated carbocycles. The highest BCUT2D eigenvalue weighted by molar-refractivity contribution is 6.74. The zero-order valence-electron chi connectivity index (χ0n) is 12.7. The first-order valence-electron chi connectivity index (χ1n) is 7.06. The highest BCUT2D eigenvalue weighted by atomic mass is 28.4. The minimum absolute atomic E-state index is 0.174. The van der Waals surface area contributed by atoms with Gasteiger partial charge in [0.05, 0.1) is 0 Å². The van der Waals surface area contributed by atoms with Gasteiger partial charge < -0.3 is 4.43 Å². The van der Waals surface area contributed by atoms with E-state index in [0.717, 1.165) is 24.2 Å². The zero-order chi connectivity index (χ0) is 14.3. The number of fused-ring (bicyclic) bond motifs is 1. The van der Waals surface area contributed by atoms with Crippen LogP contribution in [0.5, 0.6) is 5.75 Å². The molecule has 0 unspecified atom stereocenters. The second kappa shape index (κ2) is 4.78. The molecule has 0 radical (unpaired) electrons. The molecule has 3 heteroatoms. The van der Waals surface area contributed by atoms with Gasteiger partial charge in [0.1, 0.15) is 5.75 Å². The van der Waals surface area contributed by atoms with Crippen molar-refractivity contribution in [1.82, 2.24) is 0 Å². The predicted octanol–water partition coefficient (Wildman–Crippen LogP) is 4.59. The Morgan fingerprint density at radius 1 is 1.16 bits per heavy atom. The molecular weight excluding hydrogens is 252 g/mol. The molecule has 0 atom stereocenters. The van der Waals surface area contributed by atoms with Crippen LogP contribution in [-0.4, -0.2) is 14.1 Å². The second-order valence-corrected chi connectivity index (χ2v) is 11.7. The topological polar surface area (TPSA) is 26.3 Å². The number of aryl methyl sites for hydroxylation is 1. The van der Waals surface area contributed by atoms with Gasteiger partial charge in [0, 0.05) is 12.0 Å². The summed E-state index contributed by atoms with van der Waals surface area (Å²) in [5.41, 5.74) is 2.06. The smallest absolute Gasteiger partial charge is 0.250 e. The normalized spacial score (nSPS) is 16.2. The van der Waals surface area contributed by atoms with E-state index >= 15 is 0 Å². The molecule has 1 aliphatic carbocycles. The van der Waals surface area contributed by atoms with Crippen LogP contribution in [0.4, 0.5) is 0 Å². The van der Waals surface area contributed by atoms with Gasteiger partial charge >= 0.3 is 0 Å². The predicted molar refractivity (Wildman–Crippen MR) is 81.5 cm³/mol. The first kappa shape index (κ1) is 14.3. The quantitative estimate of drug-likeness (QED) is 0.738. The van der Waals surface area contributed by atoms with Gasteiger partial charge in [0.25, 0.3) is 0 Å². The molecule has 0 heterocycles. The lowest BCUT2D eigenvalue weighted by Gasteiger charge is -2.36. The molecule has 0 saturated heterocycles. The minimum atomic E-state index is -1.82. The largest absolute Gasteiger partial charge is 0.543 e. The molecule has 0 aliphatic heterocycles. The molecule has 0 bridgehead atoms. The maximum absolute atomic E-state index is 12.0. The Morgan fingerprint density at radius 2 is 1.84 bits per heavy atom. The van der Waals surface area contributed by atoms with Gasteiger partial charge in [-0.25, -0.2) is 0 Å². The van der Waals surface area contributed by atoms with Crippen LogP contribution in [-0.2, 0) is 6.42 Å². The third-order valence-corrected chi connectivity index (χ3v) is 8.77. The van der Waals surface area contributed by atoms with E-state index in [2.05, 4.69) is 39.9 Å². The van der Waals surface area contributed by atoms with E-state index in [-0.39, 0.29) is 10.8 Å². The van der Waals surface area contributed by atoms with E-state index in [4.69, 9.17) is 4.43 Å². The van der Waals surface area contributed by atoms with Gasteiger partial charge in [-0.15, -0.1) is 0 Å². The van der Waals surface area contributed by atoms with Crippen molar-refractivity contribution < 1.29 is 9.22 Å². The zero-order valence-corrected chi connectivity index (χ0v) is 13.7. The summed E-state index contributed by atoms with van der Waals surface area (Å²) in [5.74, 6) is 1.13. The van der Waals surface area contributed by atoms with E-state index in [1.54, 1.807) is 0 Å². The molecule has 19 heavy (non-hydrogen) atoms. The van der Waals surface area contributed by atoms with Crippen molar-refractivity contribution in [2.75, 3.05) is 0 Å². The van der Waals surface area contributed by atoms with E-state index < -0.39 is 8.32 Å². The summed E-state index contributed by atoms with van der Waals surface area (Å²) >= 11 is 0. The van der Waals surface area contributed by atoms with Gasteiger partial charge in [-0.1, -0.05) is 26.8 Å². The summed E-state index contributed by atoms with van der Waals surface area (Å²) in [7, 11) is -1.82. The van der Waals surface area contributed by atoms with Gasteiger partial charge in [-0.2, -0.15) is 0 Å². The molecule has 2 nitrogen and oxygen atoms in total. The molecule has 1 aromatic rings. The molecule has 2 rings (SSSR count). The lowest BCUT2D eigenvalue weighted by atomic mass is 9.91. The number of Topliss-reactive ketones (excluding diaryl/α,β-unsaturated/α-hetero) is 1. The molecule has 1 aliphatic rings. The van der Waals surface area contributed by atoms with E-state index in [9.17, 15) is 4.79 Å². The van der Waals surface area contributed by atoms with Crippen molar-refractivity contribution >= 4 is 14.1 Å². The highest BCUT2D eigenvalue weighted by Gasteiger charge is 2.39. The van der Waals surface area contributed by atoms with Crippen molar-refractivity contribution in [3.63, 3.8) is 0 Å². The number of rotatable bonds is 2. The standard InChI is InChI=1S/C16H24O2Si/c1-16(2,3)19(4,5)18-13-10-9-12-7-6-8-15(17)14(12)11-13/h9-11H,6-8H2,1-5H3. The Labute approximate surface area is 117 Å². The van der Waals surface area contributed by atoms with Crippen LogP contribution in [0.25, 0.3) is 0 Å². The van der Waals surface area contributed by atoms with Gasteiger partial charge in [-0.05, 0) is 48.7 Å². The maximum Gasteiger partial charge on any atom is 0.250 e. The van der Waals surface area contributed by atoms with Crippen molar-refractivity contribution in [3.05, 3.63) is 29.3 Å². The minimum Gasteiger partial charge on any atom is -0.543 e. The first-order chi connectivity index (χ1) is 8.71. The fourth-order valence-electron chi connectivity index (χ4n) is 2.12. The Morgan fingerprint density at radius 3 is 2.47 bits per heavy atom. The molecule has 0 N–H and O–H groups in total. The Hall–Kier alpha value is -1.09. The SMILES string of the molecule is CC(C)(C)[Si](C)(C)Oc1ccc2c(c1)C(=O)CCC2. The van der Waals surface area contributed by atoms with Crippen molar-refractivity contribution in [2.45, 2.75) is 58.2 Å². The van der Waals surface area contributed by atoms with E-state index in [1.807, 2.05) is 12.1 Å². The molecule has 0 amide bonds. The maximum atomic E-state index is 12.0. The number of benzene rings is 1. The van der Waals surface area contributed by atoms with Crippen LogP contribution in [0.1, 0.15) is 49.5 Å². The van der Waals surface area contributed by atoms with Crippen molar-refractivity contribution in [1.29, 1.82) is 0 Å². The molecule has 1 aromatic carbocycles. The van der Waals surface area contributed by atoms with Gasteiger partial charge in [-0.3, -0.25) is 4.79 Å². The third kappa shape index (κ3) is 2.91. The third-order valence-electron chi connectivity index (χ3n) is 4.41. The number of carbonyl (C=O) groups is 1. The Balaban J connectivity index is 2.28. The number of ketones is 1. The van der Waals surface area contributed by atoms with Crippen LogP contribution in [0.15, 0.2) is 18.2 Å². The Bertz CT molecular complexity index is 498. The number of hydrogen-bond donors (Lipinski definition) is 0. The molecule has 104 valence electrons. The monoisotopic (exact) mass is 276 g/mol. The summed E-state index contributed by atoms with van der Waals surface area (Å²) in [5, 5.41) is 0.174. The average molecular weight is 276 g/mol. The van der Waals surface area contributed by atoms with Gasteiger partial charge in [0.2, 0.25) is 8.32 Å². The first-order valence-corrected chi connectivity index (χ1v) is 9.97. The lowest BCUT2D eigenvalue weighted by molar-refractivity contribution is 0.0972. The molecule has 0 aromatic heterocycles. The fraction of sp³-hybridized carbons (Fsp3) is 0.562. The fourth-order valence-corrected chi connectivity index (χ4v) is 3.14. The van der Waals surface area contributed by atoms with Crippen molar-refractivity contribution in [2.24, 2.45) is 0 Å². The average Bonchev–Trinajstić information content (AvgIpc) is 2.28. The lowest BCUT2D eigenvalue weighted by Crippen LogP contribution is -2.43.